The largest absolute Gasteiger partial charge is 0.480 e. The number of carboxylic acid groups (broad SMARTS) is 1. The minimum atomic E-state index is -1.17. The van der Waals surface area contributed by atoms with Crippen molar-refractivity contribution in [1.29, 1.82) is 0 Å². The van der Waals surface area contributed by atoms with Crippen molar-refractivity contribution in [3.05, 3.63) is 93.4 Å². The zero-order valence-corrected chi connectivity index (χ0v) is 28.5. The topological polar surface area (TPSA) is 138 Å². The molecular formula is C37H42N4O5S. The molecule has 0 aliphatic carbocycles. The van der Waals surface area contributed by atoms with E-state index in [2.05, 4.69) is 48.3 Å². The molecule has 2 atom stereocenters. The summed E-state index contributed by atoms with van der Waals surface area (Å²) in [5, 5.41) is 14.6. The second-order valence-corrected chi connectivity index (χ2v) is 13.8. The number of amides is 2. The molecular weight excluding hydrogens is 612 g/mol. The lowest BCUT2D eigenvalue weighted by Gasteiger charge is -2.20. The van der Waals surface area contributed by atoms with Crippen LogP contribution in [0.1, 0.15) is 89.9 Å². The van der Waals surface area contributed by atoms with Gasteiger partial charge in [0.05, 0.1) is 4.88 Å². The van der Waals surface area contributed by atoms with Crippen LogP contribution in [0.5, 0.6) is 0 Å². The normalized spacial score (nSPS) is 12.6. The van der Waals surface area contributed by atoms with Crippen LogP contribution >= 0.6 is 11.3 Å². The van der Waals surface area contributed by atoms with Gasteiger partial charge in [-0.05, 0) is 60.6 Å². The van der Waals surface area contributed by atoms with Gasteiger partial charge in [-0.25, -0.2) is 9.97 Å². The monoisotopic (exact) mass is 654 g/mol. The predicted octanol–water partition coefficient (Wildman–Crippen LogP) is 6.78. The van der Waals surface area contributed by atoms with E-state index >= 15 is 0 Å². The van der Waals surface area contributed by atoms with Crippen LogP contribution in [0, 0.1) is 6.92 Å². The van der Waals surface area contributed by atoms with Crippen LogP contribution in [-0.2, 0) is 21.4 Å². The molecule has 47 heavy (non-hydrogen) atoms. The number of carbonyl (C=O) groups excluding carboxylic acids is 3. The van der Waals surface area contributed by atoms with Crippen molar-refractivity contribution in [1.82, 2.24) is 20.6 Å². The van der Waals surface area contributed by atoms with Gasteiger partial charge in [-0.1, -0.05) is 70.5 Å². The summed E-state index contributed by atoms with van der Waals surface area (Å²) in [7, 11) is 0. The summed E-state index contributed by atoms with van der Waals surface area (Å²) in [5.74, 6) is -1.48. The lowest BCUT2D eigenvalue weighted by molar-refractivity contribution is -0.141. The smallest absolute Gasteiger partial charge is 0.325 e. The van der Waals surface area contributed by atoms with E-state index < -0.39 is 29.9 Å². The Morgan fingerprint density at radius 3 is 2.17 bits per heavy atom. The second kappa shape index (κ2) is 15.3. The van der Waals surface area contributed by atoms with Crippen LogP contribution in [0.25, 0.3) is 22.5 Å². The first-order valence-electron chi connectivity index (χ1n) is 15.8. The summed E-state index contributed by atoms with van der Waals surface area (Å²) >= 11 is 1.37. The maximum atomic E-state index is 13.2. The third-order valence-electron chi connectivity index (χ3n) is 7.84. The van der Waals surface area contributed by atoms with Gasteiger partial charge in [0.1, 0.15) is 12.1 Å². The first kappa shape index (κ1) is 35.2. The minimum Gasteiger partial charge on any atom is -0.480 e. The number of Topliss-reactive ketones (excluding diaryl/α,β-unsaturated/α-hetero) is 1. The van der Waals surface area contributed by atoms with E-state index in [1.54, 1.807) is 18.5 Å². The minimum absolute atomic E-state index is 0.123. The Bertz CT molecular complexity index is 1740. The van der Waals surface area contributed by atoms with Crippen LogP contribution in [0.4, 0.5) is 0 Å². The zero-order chi connectivity index (χ0) is 34.3. The lowest BCUT2D eigenvalue weighted by Crippen LogP contribution is -2.51. The standard InChI is InChI=1S/C37H42N4O5S/c1-7-8-9-30(42)26-14-15-28(22(2)18-26)27-20-38-33(39-21-27)25-12-10-24(11-13-25)19-29(34(43)40-23(3)36(45)46)41-35(44)31-16-17-32(47-31)37(4,5)6/h10-18,20-21,23,29H,7-9,19H2,1-6H3,(H,40,43)(H,41,44)(H,45,46). The van der Waals surface area contributed by atoms with E-state index in [4.69, 9.17) is 0 Å². The van der Waals surface area contributed by atoms with Gasteiger partial charge >= 0.3 is 5.97 Å². The number of thiophene rings is 1. The summed E-state index contributed by atoms with van der Waals surface area (Å²) in [6.07, 6.45) is 6.07. The van der Waals surface area contributed by atoms with E-state index in [9.17, 15) is 24.3 Å². The Morgan fingerprint density at radius 2 is 1.60 bits per heavy atom. The highest BCUT2D eigenvalue weighted by Gasteiger charge is 2.26. The summed E-state index contributed by atoms with van der Waals surface area (Å²) in [4.78, 5) is 60.8. The Kier molecular flexibility index (Phi) is 11.4. The molecule has 2 aromatic carbocycles. The molecule has 2 heterocycles. The Hall–Kier alpha value is -4.70. The molecule has 0 radical (unpaired) electrons. The van der Waals surface area contributed by atoms with Crippen LogP contribution in [0.2, 0.25) is 0 Å². The molecule has 0 saturated heterocycles. The summed E-state index contributed by atoms with van der Waals surface area (Å²) in [6, 6.07) is 14.6. The van der Waals surface area contributed by atoms with Gasteiger partial charge in [0, 0.05) is 46.8 Å². The number of rotatable bonds is 13. The third-order valence-corrected chi connectivity index (χ3v) is 9.35. The SMILES string of the molecule is CCCCC(=O)c1ccc(-c2cnc(-c3ccc(CC(NC(=O)c4ccc(C(C)(C)C)s4)C(=O)NC(C)C(=O)O)cc3)nc2)c(C)c1. The number of carbonyl (C=O) groups is 4. The molecule has 3 N–H and O–H groups in total. The van der Waals surface area contributed by atoms with Crippen molar-refractivity contribution in [2.24, 2.45) is 0 Å². The highest BCUT2D eigenvalue weighted by atomic mass is 32.1. The molecule has 2 aromatic heterocycles. The number of aryl methyl sites for hydroxylation is 1. The van der Waals surface area contributed by atoms with Crippen molar-refractivity contribution >= 4 is 34.9 Å². The fourth-order valence-corrected chi connectivity index (χ4v) is 5.93. The van der Waals surface area contributed by atoms with Crippen LogP contribution in [0.15, 0.2) is 67.0 Å². The van der Waals surface area contributed by atoms with E-state index in [0.29, 0.717) is 22.7 Å². The molecule has 10 heteroatoms. The highest BCUT2D eigenvalue weighted by molar-refractivity contribution is 7.14. The van der Waals surface area contributed by atoms with Crippen LogP contribution < -0.4 is 10.6 Å². The Balaban J connectivity index is 1.48. The van der Waals surface area contributed by atoms with Gasteiger partial charge in [-0.2, -0.15) is 0 Å². The van der Waals surface area contributed by atoms with Gasteiger partial charge in [0.25, 0.3) is 5.91 Å². The molecule has 0 aliphatic rings. The molecule has 0 aliphatic heterocycles. The predicted molar refractivity (Wildman–Crippen MR) is 185 cm³/mol. The Labute approximate surface area is 279 Å². The molecule has 0 bridgehead atoms. The maximum Gasteiger partial charge on any atom is 0.325 e. The van der Waals surface area contributed by atoms with Crippen molar-refractivity contribution in [3.63, 3.8) is 0 Å². The highest BCUT2D eigenvalue weighted by Crippen LogP contribution is 2.30. The zero-order valence-electron chi connectivity index (χ0n) is 27.7. The average Bonchev–Trinajstić information content (AvgIpc) is 3.55. The number of nitrogens with one attached hydrogen (secondary N) is 2. The fourth-order valence-electron chi connectivity index (χ4n) is 4.96. The number of carboxylic acids is 1. The van der Waals surface area contributed by atoms with E-state index in [0.717, 1.165) is 45.5 Å². The number of unbranched alkanes of at least 4 members (excludes halogenated alkanes) is 1. The maximum absolute atomic E-state index is 13.2. The van der Waals surface area contributed by atoms with Gasteiger partial charge in [0.15, 0.2) is 11.6 Å². The number of ketones is 1. The van der Waals surface area contributed by atoms with Gasteiger partial charge in [-0.15, -0.1) is 11.3 Å². The first-order valence-corrected chi connectivity index (χ1v) is 16.6. The molecule has 2 unspecified atom stereocenters. The van der Waals surface area contributed by atoms with Crippen molar-refractivity contribution in [2.75, 3.05) is 0 Å². The molecule has 4 aromatic rings. The number of hydrogen-bond acceptors (Lipinski definition) is 7. The quantitative estimate of drug-likeness (QED) is 0.135. The van der Waals surface area contributed by atoms with Gasteiger partial charge < -0.3 is 15.7 Å². The van der Waals surface area contributed by atoms with E-state index in [1.165, 1.54) is 18.3 Å². The number of hydrogen-bond donors (Lipinski definition) is 3. The molecule has 246 valence electrons. The molecule has 0 fully saturated rings. The summed E-state index contributed by atoms with van der Waals surface area (Å²) < 4.78 is 0. The first-order chi connectivity index (χ1) is 22.3. The molecule has 9 nitrogen and oxygen atoms in total. The fraction of sp³-hybridized carbons (Fsp3) is 0.351. The van der Waals surface area contributed by atoms with Gasteiger partial charge in [-0.3, -0.25) is 19.2 Å². The molecule has 4 rings (SSSR count). The number of nitrogens with zero attached hydrogens (tertiary/aromatic N) is 2. The Morgan fingerprint density at radius 1 is 0.915 bits per heavy atom. The van der Waals surface area contributed by atoms with Crippen molar-refractivity contribution in [3.8, 4) is 22.5 Å². The number of aliphatic carboxylic acids is 1. The van der Waals surface area contributed by atoms with Gasteiger partial charge in [0.2, 0.25) is 5.91 Å². The molecule has 0 spiro atoms. The third kappa shape index (κ3) is 9.19. The van der Waals surface area contributed by atoms with E-state index in [1.807, 2.05) is 55.5 Å². The summed E-state index contributed by atoms with van der Waals surface area (Å²) in [6.45, 7) is 11.6. The lowest BCUT2D eigenvalue weighted by atomic mass is 9.95. The van der Waals surface area contributed by atoms with Crippen molar-refractivity contribution < 1.29 is 24.3 Å². The molecule has 2 amide bonds. The van der Waals surface area contributed by atoms with E-state index in [-0.39, 0.29) is 17.6 Å². The average molecular weight is 655 g/mol. The summed E-state index contributed by atoms with van der Waals surface area (Å²) in [5.41, 5.74) is 4.91. The molecule has 0 saturated carbocycles. The van der Waals surface area contributed by atoms with Crippen LogP contribution in [0.3, 0.4) is 0 Å². The number of benzene rings is 2. The second-order valence-electron chi connectivity index (χ2n) is 12.8. The number of aromatic nitrogens is 2. The van der Waals surface area contributed by atoms with Crippen molar-refractivity contribution in [2.45, 2.75) is 84.7 Å². The van der Waals surface area contributed by atoms with Crippen LogP contribution in [-0.4, -0.2) is 50.7 Å².